The van der Waals surface area contributed by atoms with Crippen LogP contribution in [0.3, 0.4) is 0 Å². The lowest BCUT2D eigenvalue weighted by Crippen LogP contribution is -2.25. The predicted octanol–water partition coefficient (Wildman–Crippen LogP) is 4.13. The fourth-order valence-corrected chi connectivity index (χ4v) is 2.64. The molecule has 2 unspecified atom stereocenters. The fraction of sp³-hybridized carbons (Fsp3) is 0.471. The third-order valence-electron chi connectivity index (χ3n) is 3.29. The van der Waals surface area contributed by atoms with E-state index < -0.39 is 9.04 Å². The number of allylic oxidation sites excluding steroid dienone is 1. The van der Waals surface area contributed by atoms with Crippen molar-refractivity contribution < 1.29 is 14.0 Å². The first-order valence-electron chi connectivity index (χ1n) is 7.37. The number of hydrogen-bond donors (Lipinski definition) is 0. The van der Waals surface area contributed by atoms with E-state index in [1.165, 1.54) is 0 Å². The molecule has 0 aliphatic carbocycles. The van der Waals surface area contributed by atoms with Crippen LogP contribution in [0.15, 0.2) is 36.1 Å². The molecule has 0 saturated heterocycles. The molecule has 1 aromatic rings. The Labute approximate surface area is 129 Å². The van der Waals surface area contributed by atoms with E-state index >= 15 is 0 Å². The Bertz CT molecular complexity index is 468. The summed E-state index contributed by atoms with van der Waals surface area (Å²) in [6.07, 6.45) is 2.03. The Balaban J connectivity index is 2.96. The average Bonchev–Trinajstić information content (AvgIpc) is 2.46. The summed E-state index contributed by atoms with van der Waals surface area (Å²) in [5, 5.41) is 0. The second-order valence-electron chi connectivity index (χ2n) is 5.30. The van der Waals surface area contributed by atoms with E-state index in [1.54, 1.807) is 0 Å². The second-order valence-corrected chi connectivity index (χ2v) is 7.32. The highest BCUT2D eigenvalue weighted by molar-refractivity contribution is 6.48. The molecule has 0 saturated carbocycles. The van der Waals surface area contributed by atoms with E-state index in [1.807, 2.05) is 57.2 Å². The van der Waals surface area contributed by atoms with Gasteiger partial charge < -0.3 is 9.16 Å². The quantitative estimate of drug-likeness (QED) is 0.431. The maximum absolute atomic E-state index is 11.9. The predicted molar refractivity (Wildman–Crippen MR) is 87.9 cm³/mol. The Morgan fingerprint density at radius 1 is 1.19 bits per heavy atom. The van der Waals surface area contributed by atoms with Crippen LogP contribution in [0.1, 0.15) is 26.3 Å². The van der Waals surface area contributed by atoms with Crippen molar-refractivity contribution in [2.45, 2.75) is 33.9 Å². The van der Waals surface area contributed by atoms with Gasteiger partial charge in [-0.1, -0.05) is 44.2 Å². The van der Waals surface area contributed by atoms with Crippen molar-refractivity contribution in [2.24, 2.45) is 11.8 Å². The summed E-state index contributed by atoms with van der Waals surface area (Å²) in [6, 6.07) is 10.0. The first-order valence-corrected chi connectivity index (χ1v) is 9.77. The van der Waals surface area contributed by atoms with Crippen LogP contribution in [0, 0.1) is 11.8 Å². The highest BCUT2D eigenvalue weighted by Crippen LogP contribution is 2.25. The topological polar surface area (TPSA) is 35.5 Å². The maximum Gasteiger partial charge on any atom is 0.309 e. The minimum atomic E-state index is -0.888. The first-order chi connectivity index (χ1) is 9.95. The number of carbonyl (C=O) groups is 1. The number of hydrogen-bond acceptors (Lipinski definition) is 3. The van der Waals surface area contributed by atoms with E-state index in [9.17, 15) is 4.79 Å². The minimum absolute atomic E-state index is 0.0100. The van der Waals surface area contributed by atoms with Crippen LogP contribution in [0.5, 0.6) is 0 Å². The van der Waals surface area contributed by atoms with E-state index in [-0.39, 0.29) is 17.8 Å². The maximum atomic E-state index is 11.9. The van der Waals surface area contributed by atoms with Gasteiger partial charge in [0.25, 0.3) is 9.04 Å². The third-order valence-corrected chi connectivity index (χ3v) is 3.93. The summed E-state index contributed by atoms with van der Waals surface area (Å²) < 4.78 is 11.1. The zero-order chi connectivity index (χ0) is 15.8. The van der Waals surface area contributed by atoms with Crippen molar-refractivity contribution in [1.82, 2.24) is 0 Å². The SMILES string of the molecule is CCOC(=O)C(C)C(C)/C(=C\c1ccccc1)O[Si](C)C. The largest absolute Gasteiger partial charge is 0.545 e. The van der Waals surface area contributed by atoms with Crippen LogP contribution in [0.2, 0.25) is 13.1 Å². The molecule has 2 atom stereocenters. The van der Waals surface area contributed by atoms with Crippen LogP contribution >= 0.6 is 0 Å². The number of carbonyl (C=O) groups excluding carboxylic acids is 1. The van der Waals surface area contributed by atoms with Crippen LogP contribution in [-0.4, -0.2) is 21.6 Å². The molecule has 3 nitrogen and oxygen atoms in total. The summed E-state index contributed by atoms with van der Waals surface area (Å²) in [5.41, 5.74) is 1.08. The van der Waals surface area contributed by atoms with E-state index in [4.69, 9.17) is 9.16 Å². The Morgan fingerprint density at radius 3 is 2.33 bits per heavy atom. The molecular formula is C17H25O3Si. The fourth-order valence-electron chi connectivity index (χ4n) is 1.93. The molecule has 1 rings (SSSR count). The minimum Gasteiger partial charge on any atom is -0.545 e. The van der Waals surface area contributed by atoms with E-state index in [0.29, 0.717) is 6.61 Å². The van der Waals surface area contributed by atoms with E-state index in [2.05, 4.69) is 13.1 Å². The van der Waals surface area contributed by atoms with Gasteiger partial charge in [0.1, 0.15) is 0 Å². The Kier molecular flexibility index (Phi) is 7.23. The van der Waals surface area contributed by atoms with Gasteiger partial charge in [-0.15, -0.1) is 0 Å². The molecule has 0 bridgehead atoms. The molecule has 0 aromatic heterocycles. The Morgan fingerprint density at radius 2 is 1.81 bits per heavy atom. The lowest BCUT2D eigenvalue weighted by molar-refractivity contribution is -0.148. The smallest absolute Gasteiger partial charge is 0.309 e. The third kappa shape index (κ3) is 5.75. The molecule has 4 heteroatoms. The molecule has 0 N–H and O–H groups in total. The average molecular weight is 305 g/mol. The van der Waals surface area contributed by atoms with Gasteiger partial charge in [-0.2, -0.15) is 0 Å². The molecule has 0 spiro atoms. The van der Waals surface area contributed by atoms with Crippen LogP contribution < -0.4 is 0 Å². The van der Waals surface area contributed by atoms with Crippen molar-refractivity contribution in [3.63, 3.8) is 0 Å². The molecule has 0 amide bonds. The van der Waals surface area contributed by atoms with Crippen molar-refractivity contribution in [2.75, 3.05) is 6.61 Å². The van der Waals surface area contributed by atoms with Gasteiger partial charge in [0.2, 0.25) is 0 Å². The van der Waals surface area contributed by atoms with Crippen molar-refractivity contribution in [3.8, 4) is 0 Å². The standard InChI is InChI=1S/C17H25O3Si/c1-6-19-17(18)14(3)13(2)16(20-21(4)5)12-15-10-8-7-9-11-15/h7-14H,6H2,1-5H3/b16-12+. The first kappa shape index (κ1) is 17.5. The Hall–Kier alpha value is -1.55. The highest BCUT2D eigenvalue weighted by atomic mass is 28.3. The number of ether oxygens (including phenoxy) is 1. The summed E-state index contributed by atoms with van der Waals surface area (Å²) in [4.78, 5) is 11.9. The molecule has 1 radical (unpaired) electrons. The van der Waals surface area contributed by atoms with Gasteiger partial charge in [-0.3, -0.25) is 4.79 Å². The molecule has 0 heterocycles. The molecule has 115 valence electrons. The lowest BCUT2D eigenvalue weighted by atomic mass is 9.93. The van der Waals surface area contributed by atoms with Crippen molar-refractivity contribution in [3.05, 3.63) is 41.7 Å². The van der Waals surface area contributed by atoms with Gasteiger partial charge >= 0.3 is 5.97 Å². The molecular weight excluding hydrogens is 280 g/mol. The van der Waals surface area contributed by atoms with Crippen LogP contribution in [0.25, 0.3) is 6.08 Å². The number of esters is 1. The zero-order valence-corrected chi connectivity index (χ0v) is 14.6. The summed E-state index contributed by atoms with van der Waals surface area (Å²) in [7, 11) is -0.888. The number of rotatable bonds is 7. The van der Waals surface area contributed by atoms with Gasteiger partial charge in [0.05, 0.1) is 18.3 Å². The highest BCUT2D eigenvalue weighted by Gasteiger charge is 2.26. The summed E-state index contributed by atoms with van der Waals surface area (Å²) >= 11 is 0. The normalized spacial score (nSPS) is 14.7. The van der Waals surface area contributed by atoms with Crippen LogP contribution in [-0.2, 0) is 14.0 Å². The molecule has 21 heavy (non-hydrogen) atoms. The lowest BCUT2D eigenvalue weighted by Gasteiger charge is -2.24. The summed E-state index contributed by atoms with van der Waals surface area (Å²) in [6.45, 7) is 10.3. The van der Waals surface area contributed by atoms with Crippen molar-refractivity contribution in [1.29, 1.82) is 0 Å². The van der Waals surface area contributed by atoms with Crippen molar-refractivity contribution >= 4 is 21.1 Å². The van der Waals surface area contributed by atoms with Gasteiger partial charge in [-0.05, 0) is 31.7 Å². The molecule has 0 aliphatic heterocycles. The molecule has 1 aromatic carbocycles. The molecule has 0 aliphatic rings. The van der Waals surface area contributed by atoms with Crippen LogP contribution in [0.4, 0.5) is 0 Å². The number of benzene rings is 1. The van der Waals surface area contributed by atoms with E-state index in [0.717, 1.165) is 11.3 Å². The molecule has 0 fully saturated rings. The van der Waals surface area contributed by atoms with Gasteiger partial charge in [0.15, 0.2) is 0 Å². The van der Waals surface area contributed by atoms with Gasteiger partial charge in [0, 0.05) is 5.92 Å². The monoisotopic (exact) mass is 305 g/mol. The summed E-state index contributed by atoms with van der Waals surface area (Å²) in [5.74, 6) is 0.458. The van der Waals surface area contributed by atoms with Gasteiger partial charge in [-0.25, -0.2) is 0 Å². The second kappa shape index (κ2) is 8.67. The zero-order valence-electron chi connectivity index (χ0n) is 13.6.